The normalized spacial score (nSPS) is 12.7. The summed E-state index contributed by atoms with van der Waals surface area (Å²) in [6.07, 6.45) is 3.88. The van der Waals surface area contributed by atoms with E-state index in [0.717, 1.165) is 22.5 Å². The smallest absolute Gasteiger partial charge is 0.230 e. The average Bonchev–Trinajstić information content (AvgIpc) is 3.18. The predicted molar refractivity (Wildman–Crippen MR) is 127 cm³/mol. The zero-order valence-corrected chi connectivity index (χ0v) is 17.8. The van der Waals surface area contributed by atoms with Crippen LogP contribution in [-0.4, -0.2) is 21.2 Å². The molecule has 0 fully saturated rings. The molecule has 1 aliphatic rings. The van der Waals surface area contributed by atoms with Crippen molar-refractivity contribution in [2.75, 3.05) is 5.32 Å². The summed E-state index contributed by atoms with van der Waals surface area (Å²) in [5.74, 6) is 5.63. The lowest BCUT2D eigenvalue weighted by molar-refractivity contribution is -0.115. The van der Waals surface area contributed by atoms with Crippen LogP contribution in [0, 0.1) is 24.6 Å². The number of carbonyl (C=O) groups is 1. The van der Waals surface area contributed by atoms with Gasteiger partial charge in [-0.25, -0.2) is 9.37 Å². The van der Waals surface area contributed by atoms with Crippen LogP contribution in [0.25, 0.3) is 5.69 Å². The van der Waals surface area contributed by atoms with Crippen LogP contribution in [0.3, 0.4) is 0 Å². The number of anilines is 1. The van der Waals surface area contributed by atoms with Crippen LogP contribution < -0.4 is 5.32 Å². The molecule has 0 spiro atoms. The minimum atomic E-state index is -0.298. The van der Waals surface area contributed by atoms with Crippen molar-refractivity contribution < 1.29 is 9.18 Å². The summed E-state index contributed by atoms with van der Waals surface area (Å²) >= 11 is 0. The lowest BCUT2D eigenvalue weighted by Crippen LogP contribution is -2.15. The minimum absolute atomic E-state index is 0.139. The van der Waals surface area contributed by atoms with Crippen molar-refractivity contribution in [2.45, 2.75) is 13.3 Å². The summed E-state index contributed by atoms with van der Waals surface area (Å²) in [5.41, 5.74) is 6.18. The molecule has 160 valence electrons. The van der Waals surface area contributed by atoms with Gasteiger partial charge < -0.3 is 9.88 Å². The van der Waals surface area contributed by atoms with Crippen molar-refractivity contribution in [3.05, 3.63) is 107 Å². The largest absolute Gasteiger partial charge is 0.324 e. The van der Waals surface area contributed by atoms with Crippen molar-refractivity contribution in [3.8, 4) is 17.5 Å². The van der Waals surface area contributed by atoms with Crippen LogP contribution in [0.1, 0.15) is 28.8 Å². The van der Waals surface area contributed by atoms with E-state index in [0.29, 0.717) is 22.6 Å². The summed E-state index contributed by atoms with van der Waals surface area (Å²) in [6, 6.07) is 19.4. The average molecular weight is 434 g/mol. The van der Waals surface area contributed by atoms with Crippen molar-refractivity contribution in [1.82, 2.24) is 9.55 Å². The first-order chi connectivity index (χ1) is 16.0. The van der Waals surface area contributed by atoms with E-state index < -0.39 is 0 Å². The molecule has 0 atom stereocenters. The molecule has 2 heterocycles. The third-order valence-electron chi connectivity index (χ3n) is 5.24. The van der Waals surface area contributed by atoms with Gasteiger partial charge in [0.25, 0.3) is 0 Å². The molecule has 1 amide bonds. The number of fused-ring (bicyclic) bond motifs is 1. The Bertz CT molecular complexity index is 1460. The summed E-state index contributed by atoms with van der Waals surface area (Å²) < 4.78 is 15.0. The molecule has 4 aromatic rings. The van der Waals surface area contributed by atoms with Gasteiger partial charge in [-0.15, -0.1) is 0 Å². The van der Waals surface area contributed by atoms with Gasteiger partial charge in [0.15, 0.2) is 0 Å². The van der Waals surface area contributed by atoms with Crippen LogP contribution in [0.5, 0.6) is 0 Å². The third-order valence-corrected chi connectivity index (χ3v) is 5.24. The standard InChI is InChI=1S/C27H19FN4O/c1-18-16-32(17-29-18)23-4-2-3-21(14-23)25-15-27(33)31-26-13-20(9-12-24(26)30-25)6-5-19-7-10-22(28)11-8-19/h2-4,7-14,16-17H,15H2,1H3,(H,31,33). The molecule has 1 aliphatic heterocycles. The number of nitrogens with zero attached hydrogens (tertiary/aromatic N) is 3. The molecule has 0 radical (unpaired) electrons. The van der Waals surface area contributed by atoms with E-state index in [-0.39, 0.29) is 18.1 Å². The quantitative estimate of drug-likeness (QED) is 0.442. The van der Waals surface area contributed by atoms with Gasteiger partial charge in [-0.3, -0.25) is 9.79 Å². The molecule has 5 rings (SSSR count). The van der Waals surface area contributed by atoms with E-state index in [1.807, 2.05) is 54.1 Å². The molecule has 0 aliphatic carbocycles. The lowest BCUT2D eigenvalue weighted by atomic mass is 10.1. The highest BCUT2D eigenvalue weighted by Gasteiger charge is 2.18. The number of carbonyl (C=O) groups excluding carboxylic acids is 1. The Balaban J connectivity index is 1.47. The fourth-order valence-electron chi connectivity index (χ4n) is 3.60. The van der Waals surface area contributed by atoms with Gasteiger partial charge in [0.1, 0.15) is 5.82 Å². The van der Waals surface area contributed by atoms with E-state index in [4.69, 9.17) is 4.99 Å². The summed E-state index contributed by atoms with van der Waals surface area (Å²) in [6.45, 7) is 1.94. The molecular weight excluding hydrogens is 415 g/mol. The van der Waals surface area contributed by atoms with E-state index in [1.165, 1.54) is 12.1 Å². The highest BCUT2D eigenvalue weighted by atomic mass is 19.1. The summed E-state index contributed by atoms with van der Waals surface area (Å²) in [7, 11) is 0. The minimum Gasteiger partial charge on any atom is -0.324 e. The molecule has 3 aromatic carbocycles. The van der Waals surface area contributed by atoms with Crippen LogP contribution in [0.15, 0.2) is 84.2 Å². The number of aromatic nitrogens is 2. The Morgan fingerprint density at radius 3 is 2.58 bits per heavy atom. The zero-order chi connectivity index (χ0) is 22.8. The molecule has 0 unspecified atom stereocenters. The van der Waals surface area contributed by atoms with E-state index in [2.05, 4.69) is 22.1 Å². The number of rotatable bonds is 2. The number of nitrogens with one attached hydrogen (secondary N) is 1. The Hall–Kier alpha value is -4.50. The number of amides is 1. The second kappa shape index (κ2) is 8.56. The fraction of sp³-hybridized carbons (Fsp3) is 0.0741. The molecule has 0 saturated heterocycles. The summed E-state index contributed by atoms with van der Waals surface area (Å²) in [4.78, 5) is 21.7. The predicted octanol–water partition coefficient (Wildman–Crippen LogP) is 5.18. The number of hydrogen-bond acceptors (Lipinski definition) is 3. The van der Waals surface area contributed by atoms with Crippen molar-refractivity contribution in [2.24, 2.45) is 4.99 Å². The highest BCUT2D eigenvalue weighted by molar-refractivity contribution is 6.17. The molecular formula is C27H19FN4O. The molecule has 33 heavy (non-hydrogen) atoms. The Kier molecular flexibility index (Phi) is 5.29. The maximum atomic E-state index is 13.1. The molecule has 1 N–H and O–H groups in total. The van der Waals surface area contributed by atoms with Crippen LogP contribution >= 0.6 is 0 Å². The first-order valence-corrected chi connectivity index (χ1v) is 10.4. The summed E-state index contributed by atoms with van der Waals surface area (Å²) in [5, 5.41) is 2.93. The molecule has 0 saturated carbocycles. The number of aliphatic imine (C=N–C) groups is 1. The Morgan fingerprint density at radius 2 is 1.79 bits per heavy atom. The van der Waals surface area contributed by atoms with Gasteiger partial charge in [-0.05, 0) is 67.1 Å². The SMILES string of the molecule is Cc1cn(-c2cccc(C3=Nc4ccc(C#Cc5ccc(F)cc5)cc4NC(=O)C3)c2)cn1. The van der Waals surface area contributed by atoms with E-state index in [1.54, 1.807) is 24.5 Å². The highest BCUT2D eigenvalue weighted by Crippen LogP contribution is 2.30. The second-order valence-electron chi connectivity index (χ2n) is 7.74. The van der Waals surface area contributed by atoms with E-state index in [9.17, 15) is 9.18 Å². The van der Waals surface area contributed by atoms with Gasteiger partial charge in [-0.1, -0.05) is 24.0 Å². The maximum absolute atomic E-state index is 13.1. The van der Waals surface area contributed by atoms with Gasteiger partial charge in [0.2, 0.25) is 5.91 Å². The molecule has 1 aromatic heterocycles. The first-order valence-electron chi connectivity index (χ1n) is 10.4. The second-order valence-corrected chi connectivity index (χ2v) is 7.74. The lowest BCUT2D eigenvalue weighted by Gasteiger charge is -2.07. The Labute approximate surface area is 190 Å². The van der Waals surface area contributed by atoms with Gasteiger partial charge in [-0.2, -0.15) is 0 Å². The van der Waals surface area contributed by atoms with Crippen LogP contribution in [-0.2, 0) is 4.79 Å². The number of hydrogen-bond donors (Lipinski definition) is 1. The first kappa shape index (κ1) is 20.4. The number of imidazole rings is 1. The third kappa shape index (κ3) is 4.58. The van der Waals surface area contributed by atoms with Crippen LogP contribution in [0.2, 0.25) is 0 Å². The van der Waals surface area contributed by atoms with Crippen LogP contribution in [0.4, 0.5) is 15.8 Å². The van der Waals surface area contributed by atoms with Crippen molar-refractivity contribution >= 4 is 23.0 Å². The zero-order valence-electron chi connectivity index (χ0n) is 17.8. The van der Waals surface area contributed by atoms with Crippen molar-refractivity contribution in [1.29, 1.82) is 0 Å². The molecule has 6 heteroatoms. The molecule has 0 bridgehead atoms. The van der Waals surface area contributed by atoms with E-state index >= 15 is 0 Å². The van der Waals surface area contributed by atoms with Gasteiger partial charge >= 0.3 is 0 Å². The fourth-order valence-corrected chi connectivity index (χ4v) is 3.60. The molecule has 5 nitrogen and oxygen atoms in total. The number of aryl methyl sites for hydroxylation is 1. The monoisotopic (exact) mass is 434 g/mol. The van der Waals surface area contributed by atoms with Crippen molar-refractivity contribution in [3.63, 3.8) is 0 Å². The van der Waals surface area contributed by atoms with Gasteiger partial charge in [0, 0.05) is 23.0 Å². The maximum Gasteiger partial charge on any atom is 0.230 e. The number of benzene rings is 3. The van der Waals surface area contributed by atoms with Gasteiger partial charge in [0.05, 0.1) is 35.5 Å². The topological polar surface area (TPSA) is 59.3 Å². The Morgan fingerprint density at radius 1 is 1.00 bits per heavy atom. The number of halogens is 1.